The van der Waals surface area contributed by atoms with E-state index in [0.717, 1.165) is 32.2 Å². The normalized spacial score (nSPS) is 10.9. The third-order valence-corrected chi connectivity index (χ3v) is 3.37. The first-order valence-corrected chi connectivity index (χ1v) is 5.40. The van der Waals surface area contributed by atoms with E-state index in [-0.39, 0.29) is 0 Å². The van der Waals surface area contributed by atoms with Gasteiger partial charge in [0, 0.05) is 0 Å². The molecule has 0 fully saturated rings. The van der Waals surface area contributed by atoms with Crippen LogP contribution in [-0.4, -0.2) is 7.85 Å². The van der Waals surface area contributed by atoms with Crippen molar-refractivity contribution < 1.29 is 0 Å². The Kier molecular flexibility index (Phi) is 2.42. The molecule has 78 valence electrons. The van der Waals surface area contributed by atoms with Crippen LogP contribution >= 0.6 is 0 Å². The molecule has 2 aromatic carbocycles. The summed E-state index contributed by atoms with van der Waals surface area (Å²) in [7, 11) is 6.10. The summed E-state index contributed by atoms with van der Waals surface area (Å²) in [6, 6.07) is 4.10. The molecule has 2 aromatic rings. The number of benzene rings is 2. The molecule has 0 spiro atoms. The highest BCUT2D eigenvalue weighted by molar-refractivity contribution is 6.39. The summed E-state index contributed by atoms with van der Waals surface area (Å²) in [5.74, 6) is 0. The molecule has 0 saturated carbocycles. The summed E-state index contributed by atoms with van der Waals surface area (Å²) in [5, 5.41) is 4.28. The summed E-state index contributed by atoms with van der Waals surface area (Å²) in [5.41, 5.74) is 4.40. The monoisotopic (exact) mass is 206 g/mol. The second-order valence-corrected chi connectivity index (χ2v) is 4.49. The van der Waals surface area contributed by atoms with Gasteiger partial charge >= 0.3 is 0 Å². The molecule has 0 atom stereocenters. The van der Waals surface area contributed by atoms with Crippen LogP contribution in [-0.2, 0) is 0 Å². The molecule has 0 heterocycles. The van der Waals surface area contributed by atoms with Crippen LogP contribution in [0, 0.1) is 20.8 Å². The number of fused-ring (bicyclic) bond motifs is 1. The summed E-state index contributed by atoms with van der Waals surface area (Å²) in [4.78, 5) is 0. The highest BCUT2D eigenvalue weighted by Gasteiger charge is 2.06. The lowest BCUT2D eigenvalue weighted by Gasteiger charge is -2.12. The zero-order valence-corrected chi connectivity index (χ0v) is 10.1. The van der Waals surface area contributed by atoms with Crippen molar-refractivity contribution in [3.8, 4) is 0 Å². The van der Waals surface area contributed by atoms with Crippen LogP contribution in [0.5, 0.6) is 0 Å². The molecule has 0 aromatic heterocycles. The van der Waals surface area contributed by atoms with Gasteiger partial charge in [-0.05, 0) is 58.7 Å². The van der Waals surface area contributed by atoms with E-state index >= 15 is 0 Å². The molecule has 0 nitrogen and oxygen atoms in total. The summed E-state index contributed by atoms with van der Waals surface area (Å²) >= 11 is 0. The Morgan fingerprint density at radius 3 is 2.19 bits per heavy atom. The predicted octanol–water partition coefficient (Wildman–Crippen LogP) is 1.38. The Labute approximate surface area is 97.7 Å². The van der Waals surface area contributed by atoms with Crippen molar-refractivity contribution in [1.29, 1.82) is 0 Å². The Bertz CT molecular complexity index is 681. The van der Waals surface area contributed by atoms with Crippen molar-refractivity contribution in [2.45, 2.75) is 20.8 Å². The smallest absolute Gasteiger partial charge is 0.0911 e. The highest BCUT2D eigenvalue weighted by atomic mass is 14.1. The van der Waals surface area contributed by atoms with Crippen LogP contribution in [0.25, 0.3) is 23.9 Å². The van der Waals surface area contributed by atoms with Gasteiger partial charge in [0.25, 0.3) is 0 Å². The van der Waals surface area contributed by atoms with Gasteiger partial charge in [-0.1, -0.05) is 30.8 Å². The molecule has 0 N–H and O–H groups in total. The quantitative estimate of drug-likeness (QED) is 0.571. The van der Waals surface area contributed by atoms with Gasteiger partial charge in [0.1, 0.15) is 7.85 Å². The minimum Gasteiger partial charge on any atom is -0.0911 e. The van der Waals surface area contributed by atoms with E-state index in [2.05, 4.69) is 33.1 Å². The maximum atomic E-state index is 6.10. The Balaban J connectivity index is 3.25. The predicted molar refractivity (Wildman–Crippen MR) is 73.8 cm³/mol. The summed E-state index contributed by atoms with van der Waals surface area (Å²) < 4.78 is 0. The van der Waals surface area contributed by atoms with Gasteiger partial charge < -0.3 is 0 Å². The van der Waals surface area contributed by atoms with Crippen LogP contribution in [0.2, 0.25) is 0 Å². The van der Waals surface area contributed by atoms with Gasteiger partial charge in [-0.2, -0.15) is 0 Å². The molecule has 0 amide bonds. The lowest BCUT2D eigenvalue weighted by molar-refractivity contribution is 1.36. The van der Waals surface area contributed by atoms with Crippen molar-refractivity contribution in [3.05, 3.63) is 39.3 Å². The van der Waals surface area contributed by atoms with Gasteiger partial charge in [-0.3, -0.25) is 0 Å². The van der Waals surface area contributed by atoms with Gasteiger partial charge in [-0.15, -0.1) is 0 Å². The molecule has 0 aliphatic carbocycles. The lowest BCUT2D eigenvalue weighted by Crippen LogP contribution is -2.22. The average Bonchev–Trinajstić information content (AvgIpc) is 2.20. The largest absolute Gasteiger partial charge is 0.114 e. The maximum Gasteiger partial charge on any atom is 0.114 e. The van der Waals surface area contributed by atoms with Crippen LogP contribution in [0.3, 0.4) is 0 Å². The minimum absolute atomic E-state index is 0.803. The fourth-order valence-corrected chi connectivity index (χ4v) is 2.29. The van der Waals surface area contributed by atoms with Crippen molar-refractivity contribution in [3.63, 3.8) is 0 Å². The average molecular weight is 206 g/mol. The van der Waals surface area contributed by atoms with E-state index in [0.29, 0.717) is 0 Å². The minimum atomic E-state index is 0.803. The van der Waals surface area contributed by atoms with Crippen LogP contribution < -0.4 is 15.9 Å². The zero-order valence-electron chi connectivity index (χ0n) is 10.1. The Hall–Kier alpha value is -1.50. The fraction of sp³-hybridized carbons (Fsp3) is 0.200. The standard InChI is InChI=1S/C15H15B/c1-8-6-10(3)14-11(4)9(2)7-13(16)15(14)12(8)5/h6-7H,3,5H2,1-2,4H3. The molecule has 0 saturated heterocycles. The highest BCUT2D eigenvalue weighted by Crippen LogP contribution is 2.14. The van der Waals surface area contributed by atoms with Crippen molar-refractivity contribution in [1.82, 2.24) is 0 Å². The first-order valence-electron chi connectivity index (χ1n) is 5.40. The number of rotatable bonds is 0. The van der Waals surface area contributed by atoms with E-state index in [1.165, 1.54) is 11.1 Å². The third-order valence-electron chi connectivity index (χ3n) is 3.37. The summed E-state index contributed by atoms with van der Waals surface area (Å²) in [6.07, 6.45) is 0. The van der Waals surface area contributed by atoms with Gasteiger partial charge in [0.05, 0.1) is 0 Å². The van der Waals surface area contributed by atoms with Gasteiger partial charge in [0.2, 0.25) is 0 Å². The van der Waals surface area contributed by atoms with E-state index in [9.17, 15) is 0 Å². The molecule has 0 aliphatic rings. The maximum absolute atomic E-state index is 6.10. The lowest BCUT2D eigenvalue weighted by atomic mass is 9.84. The third kappa shape index (κ3) is 1.39. The number of hydrogen-bond acceptors (Lipinski definition) is 0. The molecule has 0 aliphatic heterocycles. The van der Waals surface area contributed by atoms with E-state index in [1.54, 1.807) is 0 Å². The second kappa shape index (κ2) is 3.52. The Morgan fingerprint density at radius 2 is 1.56 bits per heavy atom. The molecule has 0 bridgehead atoms. The summed E-state index contributed by atoms with van der Waals surface area (Å²) in [6.45, 7) is 14.5. The molecule has 0 unspecified atom stereocenters. The Morgan fingerprint density at radius 1 is 0.938 bits per heavy atom. The molecule has 2 rings (SSSR count). The number of aryl methyl sites for hydroxylation is 3. The topological polar surface area (TPSA) is 0 Å². The molecule has 1 heteroatoms. The fourth-order valence-electron chi connectivity index (χ4n) is 2.29. The van der Waals surface area contributed by atoms with E-state index in [1.807, 2.05) is 13.0 Å². The van der Waals surface area contributed by atoms with Crippen molar-refractivity contribution in [2.24, 2.45) is 0 Å². The molecule has 16 heavy (non-hydrogen) atoms. The first-order chi connectivity index (χ1) is 7.43. The molecule has 2 radical (unpaired) electrons. The number of hydrogen-bond donors (Lipinski definition) is 0. The van der Waals surface area contributed by atoms with Crippen LogP contribution in [0.4, 0.5) is 0 Å². The first kappa shape index (κ1) is 11.0. The van der Waals surface area contributed by atoms with E-state index in [4.69, 9.17) is 7.85 Å². The SMILES string of the molecule is [B]c1cc(C)c(C)c2c(=C)cc(C)c(=C)c12. The van der Waals surface area contributed by atoms with Crippen molar-refractivity contribution >= 4 is 37.2 Å². The van der Waals surface area contributed by atoms with Crippen LogP contribution in [0.1, 0.15) is 16.7 Å². The van der Waals surface area contributed by atoms with Gasteiger partial charge in [0.15, 0.2) is 0 Å². The zero-order chi connectivity index (χ0) is 12.0. The van der Waals surface area contributed by atoms with Gasteiger partial charge in [-0.25, -0.2) is 0 Å². The molecular formula is C15H15B. The van der Waals surface area contributed by atoms with Crippen molar-refractivity contribution in [2.75, 3.05) is 0 Å². The second-order valence-electron chi connectivity index (χ2n) is 4.49. The van der Waals surface area contributed by atoms with E-state index < -0.39 is 0 Å². The van der Waals surface area contributed by atoms with Crippen LogP contribution in [0.15, 0.2) is 12.1 Å². The molecular weight excluding hydrogens is 191 g/mol.